The van der Waals surface area contributed by atoms with Crippen molar-refractivity contribution >= 4 is 11.0 Å². The van der Waals surface area contributed by atoms with Crippen LogP contribution in [0, 0.1) is 13.8 Å². The number of aliphatic hydroxyl groups is 1. The fraction of sp³-hybridized carbons (Fsp3) is 0.174. The van der Waals surface area contributed by atoms with E-state index in [2.05, 4.69) is 17.6 Å². The molecule has 3 heteroatoms. The maximum absolute atomic E-state index is 11.9. The van der Waals surface area contributed by atoms with E-state index in [0.29, 0.717) is 6.54 Å². The Kier molecular flexibility index (Phi) is 4.09. The molecule has 0 aliphatic carbocycles. The number of rotatable bonds is 4. The molecule has 3 nitrogen and oxygen atoms in total. The zero-order chi connectivity index (χ0) is 18.1. The molecule has 130 valence electrons. The highest BCUT2D eigenvalue weighted by Crippen LogP contribution is 2.33. The van der Waals surface area contributed by atoms with E-state index in [4.69, 9.17) is 4.98 Å². The van der Waals surface area contributed by atoms with Crippen LogP contribution in [-0.2, 0) is 12.1 Å². The largest absolute Gasteiger partial charge is 0.378 e. The molecule has 1 N–H and O–H groups in total. The molecule has 4 aromatic rings. The summed E-state index contributed by atoms with van der Waals surface area (Å²) in [6.07, 6.45) is 0. The lowest BCUT2D eigenvalue weighted by atomic mass is 9.86. The fourth-order valence-electron chi connectivity index (χ4n) is 3.68. The normalized spacial score (nSPS) is 11.8. The molecule has 0 radical (unpaired) electrons. The van der Waals surface area contributed by atoms with Gasteiger partial charge in [-0.25, -0.2) is 4.98 Å². The van der Waals surface area contributed by atoms with Crippen molar-refractivity contribution in [3.63, 3.8) is 0 Å². The molecule has 0 unspecified atom stereocenters. The molecule has 0 amide bonds. The summed E-state index contributed by atoms with van der Waals surface area (Å²) in [7, 11) is 0. The molecule has 0 saturated carbocycles. The Hall–Kier alpha value is -2.91. The third kappa shape index (κ3) is 2.71. The standard InChI is InChI=1S/C23H22N2O/c1-17-10-9-15-21-22(17)25(18(2)24-21)16-23(26,19-11-5-3-6-12-19)20-13-7-4-8-14-20/h3-15,26H,16H2,1-2H3. The van der Waals surface area contributed by atoms with Crippen molar-refractivity contribution < 1.29 is 5.11 Å². The van der Waals surface area contributed by atoms with Gasteiger partial charge in [0.1, 0.15) is 11.4 Å². The second-order valence-electron chi connectivity index (χ2n) is 6.78. The van der Waals surface area contributed by atoms with Gasteiger partial charge in [0.05, 0.1) is 17.6 Å². The zero-order valence-electron chi connectivity index (χ0n) is 15.1. The van der Waals surface area contributed by atoms with Crippen molar-refractivity contribution in [1.82, 2.24) is 9.55 Å². The number of hydrogen-bond acceptors (Lipinski definition) is 2. The van der Waals surface area contributed by atoms with Gasteiger partial charge in [0.15, 0.2) is 0 Å². The zero-order valence-corrected chi connectivity index (χ0v) is 15.1. The van der Waals surface area contributed by atoms with E-state index < -0.39 is 5.60 Å². The van der Waals surface area contributed by atoms with Crippen LogP contribution in [0.5, 0.6) is 0 Å². The summed E-state index contributed by atoms with van der Waals surface area (Å²) in [4.78, 5) is 4.70. The third-order valence-electron chi connectivity index (χ3n) is 5.05. The van der Waals surface area contributed by atoms with E-state index in [1.165, 1.54) is 0 Å². The van der Waals surface area contributed by atoms with E-state index >= 15 is 0 Å². The minimum Gasteiger partial charge on any atom is -0.378 e. The third-order valence-corrected chi connectivity index (χ3v) is 5.05. The molecule has 1 heterocycles. The van der Waals surface area contributed by atoms with Crippen LogP contribution in [0.15, 0.2) is 78.9 Å². The Bertz CT molecular complexity index is 996. The number of imidazole rings is 1. The van der Waals surface area contributed by atoms with Gasteiger partial charge in [0.25, 0.3) is 0 Å². The Labute approximate surface area is 153 Å². The molecular weight excluding hydrogens is 320 g/mol. The molecule has 0 spiro atoms. The highest BCUT2D eigenvalue weighted by atomic mass is 16.3. The predicted octanol–water partition coefficient (Wildman–Crippen LogP) is 4.59. The van der Waals surface area contributed by atoms with Gasteiger partial charge in [0, 0.05) is 0 Å². The molecule has 4 rings (SSSR count). The van der Waals surface area contributed by atoms with Gasteiger partial charge in [0.2, 0.25) is 0 Å². The van der Waals surface area contributed by atoms with Gasteiger partial charge in [-0.05, 0) is 36.6 Å². The minimum atomic E-state index is -1.14. The van der Waals surface area contributed by atoms with E-state index in [1.807, 2.05) is 79.7 Å². The lowest BCUT2D eigenvalue weighted by molar-refractivity contribution is 0.0617. The molecular formula is C23H22N2O. The van der Waals surface area contributed by atoms with E-state index in [1.54, 1.807) is 0 Å². The van der Waals surface area contributed by atoms with Crippen LogP contribution in [0.25, 0.3) is 11.0 Å². The minimum absolute atomic E-state index is 0.411. The van der Waals surface area contributed by atoms with Crippen LogP contribution < -0.4 is 0 Å². The quantitative estimate of drug-likeness (QED) is 0.589. The molecule has 3 aromatic carbocycles. The molecule has 0 fully saturated rings. The summed E-state index contributed by atoms with van der Waals surface area (Å²) in [5.41, 5.74) is 3.82. The lowest BCUT2D eigenvalue weighted by Gasteiger charge is -2.31. The van der Waals surface area contributed by atoms with Crippen LogP contribution >= 0.6 is 0 Å². The average molecular weight is 342 g/mol. The van der Waals surface area contributed by atoms with Crippen LogP contribution in [0.1, 0.15) is 22.5 Å². The summed E-state index contributed by atoms with van der Waals surface area (Å²) in [6, 6.07) is 25.9. The SMILES string of the molecule is Cc1cccc2nc(C)n(CC(O)(c3ccccc3)c3ccccc3)c12. The molecule has 0 atom stereocenters. The predicted molar refractivity (Wildman–Crippen MR) is 105 cm³/mol. The number of fused-ring (bicyclic) bond motifs is 1. The highest BCUT2D eigenvalue weighted by molar-refractivity contribution is 5.79. The topological polar surface area (TPSA) is 38.0 Å². The van der Waals surface area contributed by atoms with Gasteiger partial charge < -0.3 is 9.67 Å². The first-order chi connectivity index (χ1) is 12.6. The van der Waals surface area contributed by atoms with Gasteiger partial charge in [-0.1, -0.05) is 72.8 Å². The first-order valence-corrected chi connectivity index (χ1v) is 8.85. The number of aryl methyl sites for hydroxylation is 2. The summed E-state index contributed by atoms with van der Waals surface area (Å²) in [6.45, 7) is 4.49. The highest BCUT2D eigenvalue weighted by Gasteiger charge is 2.33. The Morgan fingerprint density at radius 3 is 1.96 bits per heavy atom. The molecule has 0 bridgehead atoms. The Morgan fingerprint density at radius 2 is 1.38 bits per heavy atom. The number of aromatic nitrogens is 2. The Balaban J connectivity index is 1.92. The summed E-state index contributed by atoms with van der Waals surface area (Å²) in [5.74, 6) is 0.902. The van der Waals surface area contributed by atoms with Crippen molar-refractivity contribution in [3.8, 4) is 0 Å². The van der Waals surface area contributed by atoms with E-state index in [0.717, 1.165) is 33.5 Å². The molecule has 1 aromatic heterocycles. The lowest BCUT2D eigenvalue weighted by Crippen LogP contribution is -2.33. The smallest absolute Gasteiger partial charge is 0.132 e. The second kappa shape index (κ2) is 6.43. The first-order valence-electron chi connectivity index (χ1n) is 8.85. The molecule has 0 aliphatic rings. The van der Waals surface area contributed by atoms with Crippen molar-refractivity contribution in [2.45, 2.75) is 26.0 Å². The number of benzene rings is 3. The fourth-order valence-corrected chi connectivity index (χ4v) is 3.68. The molecule has 0 aliphatic heterocycles. The summed E-state index contributed by atoms with van der Waals surface area (Å²) >= 11 is 0. The van der Waals surface area contributed by atoms with Gasteiger partial charge >= 0.3 is 0 Å². The number of nitrogens with zero attached hydrogens (tertiary/aromatic N) is 2. The van der Waals surface area contributed by atoms with Gasteiger partial charge in [-0.3, -0.25) is 0 Å². The van der Waals surface area contributed by atoms with Crippen molar-refractivity contribution in [2.75, 3.05) is 0 Å². The first kappa shape index (κ1) is 16.6. The van der Waals surface area contributed by atoms with Crippen molar-refractivity contribution in [1.29, 1.82) is 0 Å². The van der Waals surface area contributed by atoms with Crippen LogP contribution in [0.4, 0.5) is 0 Å². The Morgan fingerprint density at radius 1 is 0.808 bits per heavy atom. The maximum atomic E-state index is 11.9. The van der Waals surface area contributed by atoms with Crippen LogP contribution in [0.3, 0.4) is 0 Å². The van der Waals surface area contributed by atoms with Crippen molar-refractivity contribution in [2.24, 2.45) is 0 Å². The molecule has 0 saturated heterocycles. The number of hydrogen-bond donors (Lipinski definition) is 1. The maximum Gasteiger partial charge on any atom is 0.132 e. The summed E-state index contributed by atoms with van der Waals surface area (Å²) < 4.78 is 2.13. The van der Waals surface area contributed by atoms with Gasteiger partial charge in [-0.15, -0.1) is 0 Å². The number of para-hydroxylation sites is 1. The summed E-state index contributed by atoms with van der Waals surface area (Å²) in [5, 5.41) is 11.9. The van der Waals surface area contributed by atoms with E-state index in [-0.39, 0.29) is 0 Å². The van der Waals surface area contributed by atoms with Crippen LogP contribution in [-0.4, -0.2) is 14.7 Å². The monoisotopic (exact) mass is 342 g/mol. The molecule has 26 heavy (non-hydrogen) atoms. The second-order valence-corrected chi connectivity index (χ2v) is 6.78. The average Bonchev–Trinajstić information content (AvgIpc) is 2.99. The van der Waals surface area contributed by atoms with Gasteiger partial charge in [-0.2, -0.15) is 0 Å². The van der Waals surface area contributed by atoms with Crippen molar-refractivity contribution in [3.05, 3.63) is 101 Å². The van der Waals surface area contributed by atoms with Crippen LogP contribution in [0.2, 0.25) is 0 Å². The van der Waals surface area contributed by atoms with E-state index in [9.17, 15) is 5.11 Å².